The van der Waals surface area contributed by atoms with Crippen LogP contribution in [0, 0.1) is 16.7 Å². The molecule has 3 fully saturated rings. The highest BCUT2D eigenvalue weighted by Crippen LogP contribution is 2.54. The summed E-state index contributed by atoms with van der Waals surface area (Å²) in [6.45, 7) is 2.22. The van der Waals surface area contributed by atoms with E-state index in [4.69, 9.17) is 32.7 Å². The molecule has 14 heteroatoms. The van der Waals surface area contributed by atoms with Crippen LogP contribution in [0.25, 0.3) is 0 Å². The maximum atomic E-state index is 14.9. The zero-order valence-corrected chi connectivity index (χ0v) is 26.7. The number of hydrogen-bond acceptors (Lipinski definition) is 8. The van der Waals surface area contributed by atoms with Gasteiger partial charge >= 0.3 is 5.97 Å². The number of fused-ring (bicyclic) bond motifs is 1. The molecule has 10 nitrogen and oxygen atoms in total. The number of amides is 2. The summed E-state index contributed by atoms with van der Waals surface area (Å²) in [5.41, 5.74) is 6.07. The average molecular weight is 658 g/mol. The molecule has 6 atom stereocenters. The lowest BCUT2D eigenvalue weighted by atomic mass is 9.66. The van der Waals surface area contributed by atoms with Crippen molar-refractivity contribution in [1.29, 1.82) is 0 Å². The molecule has 4 N–H and O–H groups in total. The van der Waals surface area contributed by atoms with Crippen molar-refractivity contribution >= 4 is 29.4 Å². The second-order valence-electron chi connectivity index (χ2n) is 13.5. The molecule has 0 radical (unpaired) electrons. The van der Waals surface area contributed by atoms with Crippen LogP contribution in [0.3, 0.4) is 0 Å². The molecule has 2 unspecified atom stereocenters. The number of ether oxygens (including phenoxy) is 2. The number of halogens is 4. The van der Waals surface area contributed by atoms with Gasteiger partial charge in [-0.15, -0.1) is 0 Å². The molecule has 0 aromatic heterocycles. The first kappa shape index (κ1) is 33.7. The predicted molar refractivity (Wildman–Crippen MR) is 160 cm³/mol. The molecule has 2 heterocycles. The summed E-state index contributed by atoms with van der Waals surface area (Å²) in [4.78, 5) is 44.0. The van der Waals surface area contributed by atoms with Crippen LogP contribution in [0.4, 0.5) is 13.2 Å². The molecule has 2 aliphatic carbocycles. The molecule has 250 valence electrons. The molecule has 4 aliphatic rings. The van der Waals surface area contributed by atoms with E-state index >= 15 is 0 Å². The first-order valence-corrected chi connectivity index (χ1v) is 15.8. The standard InChI is InChI=1S/C31H43ClF3N5O5/c1-30(29(43)44-3)8-6-17(33)12-19(30)28(42)40-11-7-18-20(32)4-5-23(45-15-21(36)26(27(34)35)38(2)37)25(18)22(40)14-39-16-31(9-10-31)13-24(39)41/h4-5,17,19,21-22,26-27H,6-16,36-37H2,1-3H3/t17-,19-,21?,22+,26?,30-/m0/s1. The summed E-state index contributed by atoms with van der Waals surface area (Å²) in [7, 11) is 2.55. The van der Waals surface area contributed by atoms with E-state index in [1.165, 1.54) is 14.2 Å². The summed E-state index contributed by atoms with van der Waals surface area (Å²) in [6, 6.07) is -0.156. The maximum Gasteiger partial charge on any atom is 0.312 e. The molecule has 1 aromatic rings. The van der Waals surface area contributed by atoms with Crippen molar-refractivity contribution < 1.29 is 37.0 Å². The summed E-state index contributed by atoms with van der Waals surface area (Å²) in [5, 5.41) is 1.28. The largest absolute Gasteiger partial charge is 0.492 e. The number of hydrazine groups is 1. The lowest BCUT2D eigenvalue weighted by molar-refractivity contribution is -0.167. The minimum Gasteiger partial charge on any atom is -0.492 e. The Balaban J connectivity index is 1.52. The number of rotatable bonds is 10. The minimum absolute atomic E-state index is 0.0230. The van der Waals surface area contributed by atoms with Gasteiger partial charge in [0.2, 0.25) is 11.8 Å². The highest BCUT2D eigenvalue weighted by Gasteiger charge is 2.55. The molecule has 45 heavy (non-hydrogen) atoms. The van der Waals surface area contributed by atoms with E-state index in [0.717, 1.165) is 17.9 Å². The SMILES string of the molecule is COC(=O)[C@@]1(C)CC[C@H](F)C[C@H]1C(=O)N1CCc2c(Cl)ccc(OCC(N)C(C(F)F)N(C)N)c2[C@H]1CN1CC2(CC2)CC1=O. The number of carbonyl (C=O) groups is 3. The van der Waals surface area contributed by atoms with Gasteiger partial charge in [0.15, 0.2) is 0 Å². The first-order chi connectivity index (χ1) is 21.2. The fourth-order valence-electron chi connectivity index (χ4n) is 7.49. The van der Waals surface area contributed by atoms with E-state index < -0.39 is 53.9 Å². The zero-order chi connectivity index (χ0) is 32.8. The second kappa shape index (κ2) is 12.9. The second-order valence-corrected chi connectivity index (χ2v) is 13.9. The quantitative estimate of drug-likeness (QED) is 0.223. The van der Waals surface area contributed by atoms with Gasteiger partial charge in [-0.25, -0.2) is 18.2 Å². The van der Waals surface area contributed by atoms with Gasteiger partial charge in [0.25, 0.3) is 6.43 Å². The lowest BCUT2D eigenvalue weighted by Crippen LogP contribution is -2.55. The summed E-state index contributed by atoms with van der Waals surface area (Å²) >= 11 is 6.68. The fraction of sp³-hybridized carbons (Fsp3) is 0.710. The Hall–Kier alpha value is -2.61. The Labute approximate surface area is 266 Å². The van der Waals surface area contributed by atoms with Crippen molar-refractivity contribution in [1.82, 2.24) is 14.8 Å². The monoisotopic (exact) mass is 657 g/mol. The lowest BCUT2D eigenvalue weighted by Gasteiger charge is -2.46. The number of likely N-dealkylation sites (tertiary alicyclic amines) is 1. The third kappa shape index (κ3) is 6.50. The molecule has 1 saturated heterocycles. The van der Waals surface area contributed by atoms with Crippen LogP contribution >= 0.6 is 11.6 Å². The third-order valence-corrected chi connectivity index (χ3v) is 10.8. The average Bonchev–Trinajstić information content (AvgIpc) is 3.67. The van der Waals surface area contributed by atoms with E-state index in [0.29, 0.717) is 35.5 Å². The summed E-state index contributed by atoms with van der Waals surface area (Å²) < 4.78 is 53.5. The first-order valence-electron chi connectivity index (χ1n) is 15.5. The predicted octanol–water partition coefficient (Wildman–Crippen LogP) is 3.24. The van der Waals surface area contributed by atoms with Crippen molar-refractivity contribution in [2.24, 2.45) is 28.3 Å². The van der Waals surface area contributed by atoms with Crippen LogP contribution in [0.5, 0.6) is 5.75 Å². The fourth-order valence-corrected chi connectivity index (χ4v) is 7.75. The van der Waals surface area contributed by atoms with Crippen molar-refractivity contribution in [3.63, 3.8) is 0 Å². The van der Waals surface area contributed by atoms with Crippen molar-refractivity contribution in [3.05, 3.63) is 28.3 Å². The molecular formula is C31H43ClF3N5O5. The van der Waals surface area contributed by atoms with E-state index in [9.17, 15) is 27.6 Å². The summed E-state index contributed by atoms with van der Waals surface area (Å²) in [6.07, 6.45) is -1.27. The number of likely N-dealkylation sites (N-methyl/N-ethyl adjacent to an activating group) is 1. The Bertz CT molecular complexity index is 1310. The molecule has 0 bridgehead atoms. The summed E-state index contributed by atoms with van der Waals surface area (Å²) in [5.74, 6) is 3.91. The van der Waals surface area contributed by atoms with Gasteiger partial charge in [0.05, 0.1) is 30.5 Å². The number of nitrogens with zero attached hydrogens (tertiary/aromatic N) is 3. The highest BCUT2D eigenvalue weighted by molar-refractivity contribution is 6.31. The van der Waals surface area contributed by atoms with Gasteiger partial charge in [0.1, 0.15) is 24.6 Å². The van der Waals surface area contributed by atoms with E-state index in [1.807, 2.05) is 0 Å². The number of alkyl halides is 3. The Kier molecular flexibility index (Phi) is 9.66. The van der Waals surface area contributed by atoms with Crippen LogP contribution in [-0.2, 0) is 25.5 Å². The number of methoxy groups -OCH3 is 1. The van der Waals surface area contributed by atoms with E-state index in [-0.39, 0.29) is 56.0 Å². The number of hydrogen-bond donors (Lipinski definition) is 2. The van der Waals surface area contributed by atoms with Crippen molar-refractivity contribution in [2.45, 2.75) is 82.6 Å². The third-order valence-electron chi connectivity index (χ3n) is 10.4. The van der Waals surface area contributed by atoms with E-state index in [2.05, 4.69) is 0 Å². The number of benzene rings is 1. The van der Waals surface area contributed by atoms with Crippen LogP contribution in [0.2, 0.25) is 5.02 Å². The number of carbonyl (C=O) groups excluding carboxylic acids is 3. The molecule has 1 aromatic carbocycles. The van der Waals surface area contributed by atoms with E-state index in [1.54, 1.807) is 28.9 Å². The molecule has 2 saturated carbocycles. The number of nitrogens with two attached hydrogens (primary N) is 2. The van der Waals surface area contributed by atoms with Gasteiger partial charge in [-0.1, -0.05) is 11.6 Å². The highest BCUT2D eigenvalue weighted by atomic mass is 35.5. The zero-order valence-electron chi connectivity index (χ0n) is 25.9. The van der Waals surface area contributed by atoms with Gasteiger partial charge in [0, 0.05) is 43.7 Å². The molecule has 1 spiro atoms. The Morgan fingerprint density at radius 2 is 1.96 bits per heavy atom. The molecule has 2 amide bonds. The van der Waals surface area contributed by atoms with Crippen LogP contribution in [0.15, 0.2) is 12.1 Å². The molecular weight excluding hydrogens is 615 g/mol. The van der Waals surface area contributed by atoms with Crippen LogP contribution in [-0.4, -0.2) is 97.7 Å². The maximum absolute atomic E-state index is 14.9. The molecule has 5 rings (SSSR count). The smallest absolute Gasteiger partial charge is 0.312 e. The molecule has 2 aliphatic heterocycles. The van der Waals surface area contributed by atoms with Gasteiger partial charge < -0.3 is 25.0 Å². The number of esters is 1. The normalized spacial score (nSPS) is 28.8. The van der Waals surface area contributed by atoms with Gasteiger partial charge in [-0.2, -0.15) is 0 Å². The minimum atomic E-state index is -2.83. The topological polar surface area (TPSA) is 131 Å². The van der Waals surface area contributed by atoms with Crippen molar-refractivity contribution in [3.8, 4) is 5.75 Å². The van der Waals surface area contributed by atoms with Crippen molar-refractivity contribution in [2.75, 3.05) is 40.4 Å². The van der Waals surface area contributed by atoms with Crippen LogP contribution < -0.4 is 16.3 Å². The van der Waals surface area contributed by atoms with Gasteiger partial charge in [-0.3, -0.25) is 20.2 Å². The van der Waals surface area contributed by atoms with Crippen LogP contribution in [0.1, 0.15) is 62.6 Å². The Morgan fingerprint density at radius 3 is 2.56 bits per heavy atom. The van der Waals surface area contributed by atoms with Gasteiger partial charge in [-0.05, 0) is 68.6 Å². The Morgan fingerprint density at radius 1 is 1.24 bits per heavy atom.